The van der Waals surface area contributed by atoms with E-state index in [1.165, 1.54) is 12.3 Å². The molecule has 1 aliphatic rings. The average molecular weight is 252 g/mol. The molecule has 4 nitrogen and oxygen atoms in total. The monoisotopic (exact) mass is 252 g/mol. The molecule has 1 saturated heterocycles. The standard InChI is InChI=1S/C13H17FN2O2/c14-12-9-15-6-4-11(12)13(18)16-7-2-1-3-10(16)5-8-17/h4,6,9-10,17H,1-3,5,7-8H2. The number of hydrogen-bond donors (Lipinski definition) is 1. The van der Waals surface area contributed by atoms with Gasteiger partial charge in [0.25, 0.3) is 5.91 Å². The van der Waals surface area contributed by atoms with Crippen molar-refractivity contribution in [2.45, 2.75) is 31.7 Å². The van der Waals surface area contributed by atoms with Gasteiger partial charge in [0.1, 0.15) is 0 Å². The summed E-state index contributed by atoms with van der Waals surface area (Å²) in [7, 11) is 0. The predicted molar refractivity (Wildman–Crippen MR) is 64.6 cm³/mol. The Morgan fingerprint density at radius 1 is 1.56 bits per heavy atom. The zero-order valence-corrected chi connectivity index (χ0v) is 10.2. The number of likely N-dealkylation sites (tertiary alicyclic amines) is 1. The molecule has 0 bridgehead atoms. The fraction of sp³-hybridized carbons (Fsp3) is 0.538. The number of hydrogen-bond acceptors (Lipinski definition) is 3. The molecule has 18 heavy (non-hydrogen) atoms. The summed E-state index contributed by atoms with van der Waals surface area (Å²) in [5.74, 6) is -0.885. The lowest BCUT2D eigenvalue weighted by molar-refractivity contribution is 0.0570. The summed E-state index contributed by atoms with van der Waals surface area (Å²) in [6, 6.07) is 1.42. The number of halogens is 1. The van der Waals surface area contributed by atoms with Crippen molar-refractivity contribution in [1.29, 1.82) is 0 Å². The highest BCUT2D eigenvalue weighted by atomic mass is 19.1. The molecule has 5 heteroatoms. The van der Waals surface area contributed by atoms with Gasteiger partial charge in [0, 0.05) is 25.4 Å². The summed E-state index contributed by atoms with van der Waals surface area (Å²) in [5, 5.41) is 9.02. The Kier molecular flexibility index (Phi) is 4.25. The number of rotatable bonds is 3. The lowest BCUT2D eigenvalue weighted by Crippen LogP contribution is -2.44. The number of pyridine rings is 1. The first-order chi connectivity index (χ1) is 8.74. The van der Waals surface area contributed by atoms with Gasteiger partial charge in [-0.2, -0.15) is 0 Å². The third kappa shape index (κ3) is 2.67. The van der Waals surface area contributed by atoms with E-state index in [1.54, 1.807) is 4.90 Å². The van der Waals surface area contributed by atoms with Crippen LogP contribution in [0.25, 0.3) is 0 Å². The van der Waals surface area contributed by atoms with Crippen LogP contribution in [0.3, 0.4) is 0 Å². The van der Waals surface area contributed by atoms with E-state index in [-0.39, 0.29) is 24.1 Å². The lowest BCUT2D eigenvalue weighted by atomic mass is 9.98. The van der Waals surface area contributed by atoms with Gasteiger partial charge in [0.15, 0.2) is 5.82 Å². The van der Waals surface area contributed by atoms with Crippen LogP contribution in [0.2, 0.25) is 0 Å². The zero-order valence-electron chi connectivity index (χ0n) is 10.2. The molecular weight excluding hydrogens is 235 g/mol. The SMILES string of the molecule is O=C(c1ccncc1F)N1CCCCC1CCO. The maximum Gasteiger partial charge on any atom is 0.257 e. The van der Waals surface area contributed by atoms with Crippen LogP contribution in [0.4, 0.5) is 4.39 Å². The van der Waals surface area contributed by atoms with Crippen LogP contribution in [-0.2, 0) is 0 Å². The van der Waals surface area contributed by atoms with Crippen LogP contribution >= 0.6 is 0 Å². The van der Waals surface area contributed by atoms with Crippen LogP contribution in [0.5, 0.6) is 0 Å². The molecule has 2 heterocycles. The molecule has 0 radical (unpaired) electrons. The highest BCUT2D eigenvalue weighted by molar-refractivity contribution is 5.94. The summed E-state index contributed by atoms with van der Waals surface area (Å²) in [6.45, 7) is 0.679. The van der Waals surface area contributed by atoms with Gasteiger partial charge in [0.2, 0.25) is 0 Å². The number of piperidine rings is 1. The molecule has 1 aromatic heterocycles. The Labute approximate surface area is 105 Å². The first kappa shape index (κ1) is 13.0. The quantitative estimate of drug-likeness (QED) is 0.889. The van der Waals surface area contributed by atoms with Crippen LogP contribution < -0.4 is 0 Å². The van der Waals surface area contributed by atoms with E-state index in [1.807, 2.05) is 0 Å². The molecule has 0 aliphatic carbocycles. The molecular formula is C13H17FN2O2. The van der Waals surface area contributed by atoms with Crippen molar-refractivity contribution < 1.29 is 14.3 Å². The Balaban J connectivity index is 2.18. The number of carbonyl (C=O) groups excluding carboxylic acids is 1. The molecule has 1 unspecified atom stereocenters. The van der Waals surface area contributed by atoms with Gasteiger partial charge in [-0.25, -0.2) is 4.39 Å². The Bertz CT molecular complexity index is 423. The van der Waals surface area contributed by atoms with E-state index >= 15 is 0 Å². The van der Waals surface area contributed by atoms with E-state index in [2.05, 4.69) is 4.98 Å². The summed E-state index contributed by atoms with van der Waals surface area (Å²) in [4.78, 5) is 17.6. The summed E-state index contributed by atoms with van der Waals surface area (Å²) < 4.78 is 13.5. The normalized spacial score (nSPS) is 19.9. The van der Waals surface area contributed by atoms with Crippen molar-refractivity contribution in [3.63, 3.8) is 0 Å². The fourth-order valence-electron chi connectivity index (χ4n) is 2.42. The molecule has 1 aliphatic heterocycles. The van der Waals surface area contributed by atoms with Crippen molar-refractivity contribution in [2.24, 2.45) is 0 Å². The first-order valence-corrected chi connectivity index (χ1v) is 6.25. The second-order valence-electron chi connectivity index (χ2n) is 4.52. The number of aromatic nitrogens is 1. The van der Waals surface area contributed by atoms with Crippen LogP contribution in [0.1, 0.15) is 36.0 Å². The largest absolute Gasteiger partial charge is 0.396 e. The number of carbonyl (C=O) groups is 1. The molecule has 1 amide bonds. The molecule has 1 fully saturated rings. The van der Waals surface area contributed by atoms with Crippen molar-refractivity contribution in [3.8, 4) is 0 Å². The molecule has 1 atom stereocenters. The fourth-order valence-corrected chi connectivity index (χ4v) is 2.42. The van der Waals surface area contributed by atoms with E-state index < -0.39 is 5.82 Å². The molecule has 0 saturated carbocycles. The molecule has 1 N–H and O–H groups in total. The number of aliphatic hydroxyl groups excluding tert-OH is 1. The van der Waals surface area contributed by atoms with Gasteiger partial charge >= 0.3 is 0 Å². The number of nitrogens with zero attached hydrogens (tertiary/aromatic N) is 2. The van der Waals surface area contributed by atoms with Gasteiger partial charge in [-0.15, -0.1) is 0 Å². The Morgan fingerprint density at radius 3 is 3.11 bits per heavy atom. The van der Waals surface area contributed by atoms with Crippen LogP contribution in [0, 0.1) is 5.82 Å². The number of aliphatic hydroxyl groups is 1. The first-order valence-electron chi connectivity index (χ1n) is 6.25. The summed E-state index contributed by atoms with van der Waals surface area (Å²) in [6.07, 6.45) is 5.88. The van der Waals surface area contributed by atoms with Crippen molar-refractivity contribution in [1.82, 2.24) is 9.88 Å². The minimum atomic E-state index is -0.587. The second-order valence-corrected chi connectivity index (χ2v) is 4.52. The minimum absolute atomic E-state index is 0.0174. The molecule has 1 aromatic rings. The van der Waals surface area contributed by atoms with Crippen LogP contribution in [-0.4, -0.2) is 40.1 Å². The smallest absolute Gasteiger partial charge is 0.257 e. The summed E-state index contributed by atoms with van der Waals surface area (Å²) in [5.41, 5.74) is 0.0647. The highest BCUT2D eigenvalue weighted by Crippen LogP contribution is 2.22. The third-order valence-corrected chi connectivity index (χ3v) is 3.35. The van der Waals surface area contributed by atoms with E-state index in [4.69, 9.17) is 5.11 Å². The maximum atomic E-state index is 13.5. The van der Waals surface area contributed by atoms with Crippen molar-refractivity contribution in [2.75, 3.05) is 13.2 Å². The van der Waals surface area contributed by atoms with E-state index in [9.17, 15) is 9.18 Å². The Morgan fingerprint density at radius 2 is 2.39 bits per heavy atom. The highest BCUT2D eigenvalue weighted by Gasteiger charge is 2.28. The zero-order chi connectivity index (χ0) is 13.0. The predicted octanol–water partition coefficient (Wildman–Crippen LogP) is 1.60. The molecule has 0 spiro atoms. The molecule has 0 aromatic carbocycles. The van der Waals surface area contributed by atoms with Gasteiger partial charge in [-0.05, 0) is 31.7 Å². The maximum absolute atomic E-state index is 13.5. The third-order valence-electron chi connectivity index (χ3n) is 3.35. The number of amides is 1. The van der Waals surface area contributed by atoms with Crippen LogP contribution in [0.15, 0.2) is 18.5 Å². The molecule has 2 rings (SSSR count). The van der Waals surface area contributed by atoms with Gasteiger partial charge in [0.05, 0.1) is 11.8 Å². The Hall–Kier alpha value is -1.49. The van der Waals surface area contributed by atoms with Crippen molar-refractivity contribution in [3.05, 3.63) is 29.8 Å². The topological polar surface area (TPSA) is 53.4 Å². The second kappa shape index (κ2) is 5.91. The molecule has 98 valence electrons. The van der Waals surface area contributed by atoms with E-state index in [0.717, 1.165) is 25.5 Å². The minimum Gasteiger partial charge on any atom is -0.396 e. The van der Waals surface area contributed by atoms with Gasteiger partial charge in [-0.1, -0.05) is 0 Å². The summed E-state index contributed by atoms with van der Waals surface area (Å²) >= 11 is 0. The van der Waals surface area contributed by atoms with Gasteiger partial charge < -0.3 is 10.0 Å². The van der Waals surface area contributed by atoms with Gasteiger partial charge in [-0.3, -0.25) is 9.78 Å². The van der Waals surface area contributed by atoms with E-state index in [0.29, 0.717) is 13.0 Å². The lowest BCUT2D eigenvalue weighted by Gasteiger charge is -2.35. The average Bonchev–Trinajstić information content (AvgIpc) is 2.40. The van der Waals surface area contributed by atoms with Crippen molar-refractivity contribution >= 4 is 5.91 Å².